The van der Waals surface area contributed by atoms with Crippen molar-refractivity contribution >= 4 is 46.6 Å². The fourth-order valence-electron chi connectivity index (χ4n) is 2.34. The van der Waals surface area contributed by atoms with Gasteiger partial charge in [-0.2, -0.15) is 26.3 Å². The molecule has 0 radical (unpaired) electrons. The van der Waals surface area contributed by atoms with Gasteiger partial charge in [0.1, 0.15) is 0 Å². The Kier molecular flexibility index (Phi) is 8.07. The lowest BCUT2D eigenvalue weighted by Gasteiger charge is -2.13. The van der Waals surface area contributed by atoms with E-state index in [9.17, 15) is 35.9 Å². The van der Waals surface area contributed by atoms with Crippen LogP contribution in [0.25, 0.3) is 0 Å². The Bertz CT molecular complexity index is 919. The van der Waals surface area contributed by atoms with E-state index < -0.39 is 45.6 Å². The molecule has 0 aliphatic heterocycles. The van der Waals surface area contributed by atoms with E-state index in [0.29, 0.717) is 12.1 Å². The highest BCUT2D eigenvalue weighted by molar-refractivity contribution is 6.31. The van der Waals surface area contributed by atoms with Gasteiger partial charge in [0.15, 0.2) is 0 Å². The van der Waals surface area contributed by atoms with Crippen LogP contribution in [-0.4, -0.2) is 25.2 Å². The van der Waals surface area contributed by atoms with E-state index in [0.717, 1.165) is 12.1 Å². The van der Waals surface area contributed by atoms with Crippen LogP contribution in [0.5, 0.6) is 0 Å². The maximum Gasteiger partial charge on any atom is 0.417 e. The first-order chi connectivity index (χ1) is 14.8. The molecule has 0 bridgehead atoms. The third-order valence-electron chi connectivity index (χ3n) is 3.76. The first kappa shape index (κ1) is 25.4. The van der Waals surface area contributed by atoms with Crippen LogP contribution in [0.1, 0.15) is 11.1 Å². The Morgan fingerprint density at radius 1 is 0.688 bits per heavy atom. The van der Waals surface area contributed by atoms with Crippen LogP contribution in [0.15, 0.2) is 36.4 Å². The maximum absolute atomic E-state index is 12.8. The summed E-state index contributed by atoms with van der Waals surface area (Å²) in [4.78, 5) is 23.5. The second-order valence-electron chi connectivity index (χ2n) is 6.15. The van der Waals surface area contributed by atoms with Gasteiger partial charge in [-0.3, -0.25) is 0 Å². The van der Waals surface area contributed by atoms with Crippen molar-refractivity contribution in [2.24, 2.45) is 0 Å². The standard InChI is InChI=1S/C18H14Cl2F6N4O2/c19-13-3-1-9(7-11(13)17(21,22)23)29-15(31)27-5-6-28-16(32)30-10-2-4-14(20)12(8-10)18(24,25)26/h1-4,7-8H,5-6H2,(H2,27,29,31)(H2,28,30,32). The van der Waals surface area contributed by atoms with E-state index in [1.54, 1.807) is 0 Å². The van der Waals surface area contributed by atoms with E-state index in [1.807, 2.05) is 0 Å². The highest BCUT2D eigenvalue weighted by Crippen LogP contribution is 2.37. The third-order valence-corrected chi connectivity index (χ3v) is 4.41. The molecule has 0 atom stereocenters. The minimum Gasteiger partial charge on any atom is -0.336 e. The van der Waals surface area contributed by atoms with E-state index >= 15 is 0 Å². The Morgan fingerprint density at radius 3 is 1.34 bits per heavy atom. The summed E-state index contributed by atoms with van der Waals surface area (Å²) in [7, 11) is 0. The van der Waals surface area contributed by atoms with Crippen molar-refractivity contribution < 1.29 is 35.9 Å². The molecular weight excluding hydrogens is 489 g/mol. The predicted molar refractivity (Wildman–Crippen MR) is 107 cm³/mol. The number of carbonyl (C=O) groups is 2. The number of nitrogens with one attached hydrogen (secondary N) is 4. The minimum atomic E-state index is -4.70. The monoisotopic (exact) mass is 502 g/mol. The number of anilines is 2. The number of amides is 4. The van der Waals surface area contributed by atoms with Gasteiger partial charge in [-0.25, -0.2) is 9.59 Å². The molecule has 0 aromatic heterocycles. The maximum atomic E-state index is 12.8. The number of hydrogen-bond donors (Lipinski definition) is 4. The lowest BCUT2D eigenvalue weighted by Crippen LogP contribution is -2.38. The number of carbonyl (C=O) groups excluding carboxylic acids is 2. The summed E-state index contributed by atoms with van der Waals surface area (Å²) in [5, 5.41) is 7.88. The van der Waals surface area contributed by atoms with Crippen LogP contribution in [0.2, 0.25) is 10.0 Å². The summed E-state index contributed by atoms with van der Waals surface area (Å²) in [6.07, 6.45) is -9.40. The first-order valence-electron chi connectivity index (χ1n) is 8.60. The highest BCUT2D eigenvalue weighted by atomic mass is 35.5. The van der Waals surface area contributed by atoms with Crippen LogP contribution in [0.3, 0.4) is 0 Å². The fourth-order valence-corrected chi connectivity index (χ4v) is 2.79. The number of urea groups is 2. The number of halogens is 8. The molecule has 2 aromatic carbocycles. The Labute approximate surface area is 187 Å². The smallest absolute Gasteiger partial charge is 0.336 e. The van der Waals surface area contributed by atoms with Gasteiger partial charge in [0.25, 0.3) is 0 Å². The van der Waals surface area contributed by atoms with Crippen LogP contribution < -0.4 is 21.3 Å². The zero-order chi connectivity index (χ0) is 24.1. The van der Waals surface area contributed by atoms with Crippen molar-refractivity contribution in [3.8, 4) is 0 Å². The Balaban J connectivity index is 1.80. The molecule has 0 aliphatic carbocycles. The second kappa shape index (κ2) is 10.2. The summed E-state index contributed by atoms with van der Waals surface area (Å²) < 4.78 is 77.0. The fraction of sp³-hybridized carbons (Fsp3) is 0.222. The summed E-state index contributed by atoms with van der Waals surface area (Å²) in [6, 6.07) is 3.92. The number of hydrogen-bond acceptors (Lipinski definition) is 2. The van der Waals surface area contributed by atoms with E-state index in [-0.39, 0.29) is 24.5 Å². The summed E-state index contributed by atoms with van der Waals surface area (Å²) in [5.41, 5.74) is -2.56. The molecule has 0 fully saturated rings. The molecule has 0 aliphatic rings. The molecule has 14 heteroatoms. The quantitative estimate of drug-likeness (QED) is 0.300. The van der Waals surface area contributed by atoms with Crippen molar-refractivity contribution in [3.05, 3.63) is 57.6 Å². The van der Waals surface area contributed by atoms with Gasteiger partial charge in [0, 0.05) is 24.5 Å². The van der Waals surface area contributed by atoms with Crippen LogP contribution in [0.4, 0.5) is 47.3 Å². The molecule has 4 N–H and O–H groups in total. The zero-order valence-electron chi connectivity index (χ0n) is 15.7. The van der Waals surface area contributed by atoms with E-state index in [4.69, 9.17) is 23.2 Å². The first-order valence-corrected chi connectivity index (χ1v) is 9.36. The van der Waals surface area contributed by atoms with Gasteiger partial charge >= 0.3 is 24.4 Å². The highest BCUT2D eigenvalue weighted by Gasteiger charge is 2.34. The topological polar surface area (TPSA) is 82.3 Å². The Morgan fingerprint density at radius 2 is 1.03 bits per heavy atom. The van der Waals surface area contributed by atoms with Crippen molar-refractivity contribution in [2.75, 3.05) is 23.7 Å². The van der Waals surface area contributed by atoms with E-state index in [1.165, 1.54) is 12.1 Å². The molecule has 6 nitrogen and oxygen atoms in total. The molecule has 0 saturated carbocycles. The summed E-state index contributed by atoms with van der Waals surface area (Å²) >= 11 is 11.0. The third kappa shape index (κ3) is 7.38. The lowest BCUT2D eigenvalue weighted by molar-refractivity contribution is -0.138. The van der Waals surface area contributed by atoms with Gasteiger partial charge in [-0.05, 0) is 36.4 Å². The molecule has 4 amide bonds. The molecule has 2 aromatic rings. The van der Waals surface area contributed by atoms with Gasteiger partial charge in [0.2, 0.25) is 0 Å². The molecule has 0 unspecified atom stereocenters. The van der Waals surface area contributed by atoms with Gasteiger partial charge < -0.3 is 21.3 Å². The molecule has 0 spiro atoms. The van der Waals surface area contributed by atoms with Gasteiger partial charge in [0.05, 0.1) is 21.2 Å². The molecule has 32 heavy (non-hydrogen) atoms. The van der Waals surface area contributed by atoms with Crippen LogP contribution in [0, 0.1) is 0 Å². The average molecular weight is 503 g/mol. The predicted octanol–water partition coefficient (Wildman–Crippen LogP) is 5.97. The largest absolute Gasteiger partial charge is 0.417 e. The van der Waals surface area contributed by atoms with Gasteiger partial charge in [-0.1, -0.05) is 23.2 Å². The molecule has 2 rings (SSSR count). The lowest BCUT2D eigenvalue weighted by atomic mass is 10.2. The SMILES string of the molecule is O=C(NCCNC(=O)Nc1ccc(Cl)c(C(F)(F)F)c1)Nc1ccc(Cl)c(C(F)(F)F)c1. The number of rotatable bonds is 5. The van der Waals surface area contributed by atoms with Crippen molar-refractivity contribution in [1.82, 2.24) is 10.6 Å². The van der Waals surface area contributed by atoms with Crippen molar-refractivity contribution in [1.29, 1.82) is 0 Å². The number of benzene rings is 2. The van der Waals surface area contributed by atoms with Gasteiger partial charge in [-0.15, -0.1) is 0 Å². The summed E-state index contributed by atoms with van der Waals surface area (Å²) in [5.74, 6) is 0. The zero-order valence-corrected chi connectivity index (χ0v) is 17.2. The average Bonchev–Trinajstić information content (AvgIpc) is 2.66. The Hall–Kier alpha value is -2.86. The van der Waals surface area contributed by atoms with Crippen molar-refractivity contribution in [2.45, 2.75) is 12.4 Å². The van der Waals surface area contributed by atoms with E-state index in [2.05, 4.69) is 21.3 Å². The molecule has 0 saturated heterocycles. The second-order valence-corrected chi connectivity index (χ2v) is 6.96. The summed E-state index contributed by atoms with van der Waals surface area (Å²) in [6.45, 7) is -0.263. The molecule has 0 heterocycles. The molecular formula is C18H14Cl2F6N4O2. The molecule has 174 valence electrons. The van der Waals surface area contributed by atoms with Crippen LogP contribution >= 0.6 is 23.2 Å². The number of alkyl halides is 6. The normalized spacial score (nSPS) is 11.6. The minimum absolute atomic E-state index is 0.132. The van der Waals surface area contributed by atoms with Crippen molar-refractivity contribution in [3.63, 3.8) is 0 Å². The van der Waals surface area contributed by atoms with Crippen LogP contribution in [-0.2, 0) is 12.4 Å².